The van der Waals surface area contributed by atoms with Crippen LogP contribution in [-0.2, 0) is 18.8 Å². The van der Waals surface area contributed by atoms with Crippen LogP contribution < -0.4 is 5.73 Å². The number of ether oxygens (including phenoxy) is 1. The number of hydrogen-bond acceptors (Lipinski definition) is 10. The van der Waals surface area contributed by atoms with Gasteiger partial charge in [0.1, 0.15) is 5.70 Å². The Morgan fingerprint density at radius 1 is 1.19 bits per heavy atom. The molecule has 1 amide bonds. The Morgan fingerprint density at radius 3 is 2.31 bits per heavy atom. The number of thioether (sulfide) groups is 1. The lowest BCUT2D eigenvalue weighted by Gasteiger charge is -2.49. The first kappa shape index (κ1) is 33.4. The van der Waals surface area contributed by atoms with Crippen LogP contribution in [0.15, 0.2) is 35.5 Å². The standard InChI is InChI=1S/C28H41N5O7SSi/c1-7-42(8-2,9-3)40-18(5)22-23-17(4)21(16-31(6)14-15-41-28(29)30)24(32(23)25(22)34)27(36)39-26(35)19-10-12-20(13-11-19)33(37)38/h10-13,17-18,22-23H,7-9,14-16H2,1-6H3,(H3,29,30)/t17-,18+,22+,23+/m0/s1. The maximum Gasteiger partial charge on any atom is 0.362 e. The van der Waals surface area contributed by atoms with E-state index in [1.165, 1.54) is 28.8 Å². The molecule has 12 nitrogen and oxygen atoms in total. The summed E-state index contributed by atoms with van der Waals surface area (Å²) >= 11 is 1.21. The summed E-state index contributed by atoms with van der Waals surface area (Å²) < 4.78 is 11.9. The molecule has 1 saturated heterocycles. The van der Waals surface area contributed by atoms with Crippen LogP contribution in [0.1, 0.15) is 45.0 Å². The number of nitrogens with one attached hydrogen (secondary N) is 1. The van der Waals surface area contributed by atoms with Crippen molar-refractivity contribution in [2.75, 3.05) is 25.9 Å². The quantitative estimate of drug-likeness (QED) is 0.0454. The van der Waals surface area contributed by atoms with E-state index in [1.807, 2.05) is 25.8 Å². The van der Waals surface area contributed by atoms with Gasteiger partial charge in [0, 0.05) is 36.9 Å². The molecule has 0 saturated carbocycles. The van der Waals surface area contributed by atoms with E-state index in [0.717, 1.165) is 30.3 Å². The molecule has 14 heteroatoms. The summed E-state index contributed by atoms with van der Waals surface area (Å²) in [5, 5.41) is 18.4. The zero-order valence-corrected chi connectivity index (χ0v) is 26.9. The van der Waals surface area contributed by atoms with E-state index < -0.39 is 31.1 Å². The zero-order valence-electron chi connectivity index (χ0n) is 25.0. The molecule has 3 rings (SSSR count). The number of carbonyl (C=O) groups is 3. The summed E-state index contributed by atoms with van der Waals surface area (Å²) in [6.07, 6.45) is -0.323. The van der Waals surface area contributed by atoms with Gasteiger partial charge >= 0.3 is 11.9 Å². The van der Waals surface area contributed by atoms with E-state index in [-0.39, 0.29) is 46.1 Å². The van der Waals surface area contributed by atoms with Gasteiger partial charge in [-0.05, 0) is 49.8 Å². The summed E-state index contributed by atoms with van der Waals surface area (Å²) in [7, 11) is -0.128. The summed E-state index contributed by atoms with van der Waals surface area (Å²) in [6.45, 7) is 11.2. The fourth-order valence-corrected chi connectivity index (χ4v) is 9.45. The number of hydrogen-bond donors (Lipinski definition) is 2. The molecule has 1 fully saturated rings. The van der Waals surface area contributed by atoms with Crippen molar-refractivity contribution in [3.63, 3.8) is 0 Å². The topological polar surface area (TPSA) is 169 Å². The third kappa shape index (κ3) is 6.93. The molecule has 42 heavy (non-hydrogen) atoms. The summed E-state index contributed by atoms with van der Waals surface area (Å²) in [4.78, 5) is 53.8. The molecule has 2 aliphatic heterocycles. The SMILES string of the molecule is CC[Si](CC)(CC)O[C@H](C)[C@H]1C(=O)N2C(C(=O)OC(=O)c3ccc([N+](=O)[O-])cc3)=C(CN(C)CCSC(=N)N)[C@H](C)[C@H]12. The van der Waals surface area contributed by atoms with Crippen molar-refractivity contribution in [3.05, 3.63) is 51.2 Å². The van der Waals surface area contributed by atoms with Gasteiger partial charge in [-0.25, -0.2) is 9.59 Å². The molecule has 2 aliphatic rings. The minimum absolute atomic E-state index is 0.0170. The molecule has 4 atom stereocenters. The Balaban J connectivity index is 1.88. The van der Waals surface area contributed by atoms with E-state index in [0.29, 0.717) is 24.4 Å². The van der Waals surface area contributed by atoms with Gasteiger partial charge in [0.15, 0.2) is 13.5 Å². The normalized spacial score (nSPS) is 20.8. The van der Waals surface area contributed by atoms with Gasteiger partial charge < -0.3 is 24.7 Å². The number of nitrogens with two attached hydrogens (primary N) is 1. The minimum atomic E-state index is -2.00. The molecule has 0 bridgehead atoms. The zero-order chi connectivity index (χ0) is 31.4. The molecule has 230 valence electrons. The summed E-state index contributed by atoms with van der Waals surface area (Å²) in [5.74, 6) is -2.18. The average Bonchev–Trinajstić information content (AvgIpc) is 3.19. The highest BCUT2D eigenvalue weighted by atomic mass is 32.2. The second kappa shape index (κ2) is 13.9. The maximum absolute atomic E-state index is 13.6. The van der Waals surface area contributed by atoms with Gasteiger partial charge in [-0.15, -0.1) is 0 Å². The number of amidine groups is 1. The predicted octanol–water partition coefficient (Wildman–Crippen LogP) is 3.98. The molecular weight excluding hydrogens is 578 g/mol. The van der Waals surface area contributed by atoms with Gasteiger partial charge in [-0.1, -0.05) is 39.5 Å². The number of nitrogens with zero attached hydrogens (tertiary/aromatic N) is 3. The number of nitro groups is 1. The third-order valence-electron chi connectivity index (χ3n) is 8.53. The van der Waals surface area contributed by atoms with Crippen molar-refractivity contribution in [2.45, 2.75) is 64.9 Å². The maximum atomic E-state index is 13.6. The molecule has 0 radical (unpaired) electrons. The fraction of sp³-hybridized carbons (Fsp3) is 0.571. The van der Waals surface area contributed by atoms with Crippen molar-refractivity contribution in [1.29, 1.82) is 5.41 Å². The smallest absolute Gasteiger partial charge is 0.362 e. The Hall–Kier alpha value is -3.07. The van der Waals surface area contributed by atoms with Crippen molar-refractivity contribution < 1.29 is 28.5 Å². The van der Waals surface area contributed by atoms with Crippen LogP contribution in [0.4, 0.5) is 5.69 Å². The van der Waals surface area contributed by atoms with Crippen LogP contribution in [0.5, 0.6) is 0 Å². The number of fused-ring (bicyclic) bond motifs is 1. The average molecular weight is 620 g/mol. The Morgan fingerprint density at radius 2 is 1.79 bits per heavy atom. The molecule has 0 aromatic heterocycles. The minimum Gasteiger partial charge on any atom is -0.413 e. The Bertz CT molecular complexity index is 1250. The molecule has 0 spiro atoms. The number of rotatable bonds is 14. The van der Waals surface area contributed by atoms with Gasteiger partial charge in [0.25, 0.3) is 5.69 Å². The van der Waals surface area contributed by atoms with Gasteiger partial charge in [0.05, 0.1) is 28.6 Å². The van der Waals surface area contributed by atoms with Crippen LogP contribution in [0, 0.1) is 27.4 Å². The first-order valence-electron chi connectivity index (χ1n) is 14.2. The highest BCUT2D eigenvalue weighted by molar-refractivity contribution is 8.13. The lowest BCUT2D eigenvalue weighted by atomic mass is 9.77. The van der Waals surface area contributed by atoms with E-state index in [2.05, 4.69) is 20.8 Å². The van der Waals surface area contributed by atoms with E-state index in [9.17, 15) is 24.5 Å². The molecule has 2 heterocycles. The summed E-state index contributed by atoms with van der Waals surface area (Å²) in [6, 6.07) is 7.29. The number of β-lactam (4-membered cyclic amide) rings is 1. The van der Waals surface area contributed by atoms with Gasteiger partial charge in [-0.2, -0.15) is 0 Å². The molecule has 0 unspecified atom stereocenters. The highest BCUT2D eigenvalue weighted by Crippen LogP contribution is 2.48. The monoisotopic (exact) mass is 619 g/mol. The molecule has 1 aromatic carbocycles. The third-order valence-corrected chi connectivity index (χ3v) is 14.0. The number of esters is 2. The molecule has 0 aliphatic carbocycles. The van der Waals surface area contributed by atoms with E-state index in [1.54, 1.807) is 0 Å². The van der Waals surface area contributed by atoms with E-state index in [4.69, 9.17) is 20.3 Å². The van der Waals surface area contributed by atoms with Crippen LogP contribution in [-0.4, -0.2) is 84.1 Å². The number of non-ortho nitro benzene ring substituents is 1. The predicted molar refractivity (Wildman–Crippen MR) is 163 cm³/mol. The van der Waals surface area contributed by atoms with Crippen molar-refractivity contribution >= 4 is 48.8 Å². The van der Waals surface area contributed by atoms with Gasteiger partial charge in [-0.3, -0.25) is 20.3 Å². The van der Waals surface area contributed by atoms with Gasteiger partial charge in [0.2, 0.25) is 5.91 Å². The molecule has 1 aromatic rings. The highest BCUT2D eigenvalue weighted by Gasteiger charge is 2.61. The van der Waals surface area contributed by atoms with Crippen LogP contribution in [0.2, 0.25) is 18.1 Å². The van der Waals surface area contributed by atoms with Crippen LogP contribution in [0.25, 0.3) is 0 Å². The molecular formula is C28H41N5O7SSi. The number of amides is 1. The first-order valence-corrected chi connectivity index (χ1v) is 17.7. The second-order valence-electron chi connectivity index (χ2n) is 10.9. The lowest BCUT2D eigenvalue weighted by Crippen LogP contribution is -2.65. The number of benzene rings is 1. The Labute approximate surface area is 251 Å². The van der Waals surface area contributed by atoms with Crippen molar-refractivity contribution in [1.82, 2.24) is 9.80 Å². The fourth-order valence-electron chi connectivity index (χ4n) is 5.89. The van der Waals surface area contributed by atoms with Crippen molar-refractivity contribution in [3.8, 4) is 0 Å². The summed E-state index contributed by atoms with van der Waals surface area (Å²) in [5.41, 5.74) is 5.99. The van der Waals surface area contributed by atoms with Crippen LogP contribution in [0.3, 0.4) is 0 Å². The van der Waals surface area contributed by atoms with E-state index >= 15 is 0 Å². The Kier molecular flexibility index (Phi) is 11.1. The second-order valence-corrected chi connectivity index (χ2v) is 16.7. The first-order chi connectivity index (χ1) is 19.8. The number of likely N-dealkylation sites (N-methyl/N-ethyl adjacent to an activating group) is 1. The molecule has 3 N–H and O–H groups in total. The largest absolute Gasteiger partial charge is 0.413 e. The van der Waals surface area contributed by atoms with Crippen LogP contribution >= 0.6 is 11.8 Å². The number of nitro benzene ring substituents is 1. The number of carbonyl (C=O) groups excluding carboxylic acids is 3. The van der Waals surface area contributed by atoms with Crippen molar-refractivity contribution in [2.24, 2.45) is 17.6 Å². The lowest BCUT2D eigenvalue weighted by molar-refractivity contribution is -0.384.